The summed E-state index contributed by atoms with van der Waals surface area (Å²) in [5, 5.41) is 0. The van der Waals surface area contributed by atoms with Crippen LogP contribution < -0.4 is 4.72 Å². The highest BCUT2D eigenvalue weighted by Crippen LogP contribution is 2.28. The van der Waals surface area contributed by atoms with E-state index in [1.54, 1.807) is 0 Å². The molecule has 0 saturated heterocycles. The molecule has 1 N–H and O–H groups in total. The summed E-state index contributed by atoms with van der Waals surface area (Å²) in [5.74, 6) is -0.217. The lowest BCUT2D eigenvalue weighted by atomic mass is 9.86. The Labute approximate surface area is 111 Å². The molecule has 114 valence electrons. The van der Waals surface area contributed by atoms with Crippen molar-refractivity contribution in [2.24, 2.45) is 5.92 Å². The van der Waals surface area contributed by atoms with Gasteiger partial charge in [0, 0.05) is 6.54 Å². The first-order chi connectivity index (χ1) is 8.73. The number of ether oxygens (including phenoxy) is 1. The van der Waals surface area contributed by atoms with E-state index in [0.717, 1.165) is 12.8 Å². The van der Waals surface area contributed by atoms with Crippen LogP contribution in [0.25, 0.3) is 0 Å². The zero-order valence-electron chi connectivity index (χ0n) is 10.9. The summed E-state index contributed by atoms with van der Waals surface area (Å²) < 4.78 is 66.4. The maximum Gasteiger partial charge on any atom is 0.411 e. The van der Waals surface area contributed by atoms with Gasteiger partial charge in [-0.15, -0.1) is 0 Å². The van der Waals surface area contributed by atoms with Gasteiger partial charge in [0.25, 0.3) is 0 Å². The average molecular weight is 303 g/mol. The molecule has 1 aliphatic rings. The lowest BCUT2D eigenvalue weighted by Crippen LogP contribution is -2.39. The standard InChI is InChI=1S/C11H20F3NO3S/c1-2-19(16,17)15-7-9-5-3-4-6-10(9)18-8-11(12,13)14/h9-10,15H,2-8H2,1H3/t9-,10-/m1/s1. The molecule has 0 aromatic rings. The van der Waals surface area contributed by atoms with Crippen molar-refractivity contribution in [2.45, 2.75) is 44.9 Å². The molecule has 0 bridgehead atoms. The molecule has 1 saturated carbocycles. The van der Waals surface area contributed by atoms with Gasteiger partial charge in [0.15, 0.2) is 0 Å². The molecule has 0 aromatic carbocycles. The number of halogens is 3. The van der Waals surface area contributed by atoms with Crippen molar-refractivity contribution < 1.29 is 26.3 Å². The van der Waals surface area contributed by atoms with E-state index in [0.29, 0.717) is 12.8 Å². The van der Waals surface area contributed by atoms with Crippen molar-refractivity contribution >= 4 is 10.0 Å². The molecule has 0 aliphatic heterocycles. The normalized spacial score (nSPS) is 25.5. The highest BCUT2D eigenvalue weighted by molar-refractivity contribution is 7.89. The third-order valence-electron chi connectivity index (χ3n) is 3.25. The van der Waals surface area contributed by atoms with Crippen LogP contribution in [0.2, 0.25) is 0 Å². The van der Waals surface area contributed by atoms with Gasteiger partial charge < -0.3 is 4.74 Å². The van der Waals surface area contributed by atoms with Gasteiger partial charge in [-0.25, -0.2) is 13.1 Å². The predicted molar refractivity (Wildman–Crippen MR) is 65.2 cm³/mol. The van der Waals surface area contributed by atoms with Gasteiger partial charge >= 0.3 is 6.18 Å². The first-order valence-electron chi connectivity index (χ1n) is 6.39. The minimum absolute atomic E-state index is 0.0339. The summed E-state index contributed by atoms with van der Waals surface area (Å²) in [6, 6.07) is 0. The van der Waals surface area contributed by atoms with Gasteiger partial charge in [0.05, 0.1) is 11.9 Å². The predicted octanol–water partition coefficient (Wildman–Crippen LogP) is 2.06. The fourth-order valence-electron chi connectivity index (χ4n) is 2.16. The summed E-state index contributed by atoms with van der Waals surface area (Å²) in [5.41, 5.74) is 0. The van der Waals surface area contributed by atoms with Gasteiger partial charge in [0.1, 0.15) is 6.61 Å². The van der Waals surface area contributed by atoms with Crippen molar-refractivity contribution in [1.29, 1.82) is 0 Å². The Morgan fingerprint density at radius 1 is 1.26 bits per heavy atom. The zero-order valence-corrected chi connectivity index (χ0v) is 11.7. The van der Waals surface area contributed by atoms with Crippen molar-refractivity contribution in [3.8, 4) is 0 Å². The summed E-state index contributed by atoms with van der Waals surface area (Å²) >= 11 is 0. The van der Waals surface area contributed by atoms with Crippen LogP contribution in [-0.2, 0) is 14.8 Å². The SMILES string of the molecule is CCS(=O)(=O)NC[C@H]1CCCC[C@H]1OCC(F)(F)F. The average Bonchev–Trinajstić information content (AvgIpc) is 2.34. The number of nitrogens with one attached hydrogen (secondary N) is 1. The molecule has 0 unspecified atom stereocenters. The van der Waals surface area contributed by atoms with E-state index in [4.69, 9.17) is 4.74 Å². The lowest BCUT2D eigenvalue weighted by molar-refractivity contribution is -0.193. The summed E-state index contributed by atoms with van der Waals surface area (Å²) in [7, 11) is -3.31. The third-order valence-corrected chi connectivity index (χ3v) is 4.61. The van der Waals surface area contributed by atoms with Gasteiger partial charge in [-0.05, 0) is 25.7 Å². The zero-order chi connectivity index (χ0) is 14.5. The molecule has 2 atom stereocenters. The van der Waals surface area contributed by atoms with Crippen LogP contribution in [-0.4, -0.2) is 39.6 Å². The fraction of sp³-hybridized carbons (Fsp3) is 1.00. The van der Waals surface area contributed by atoms with E-state index in [-0.39, 0.29) is 18.2 Å². The van der Waals surface area contributed by atoms with E-state index in [9.17, 15) is 21.6 Å². The van der Waals surface area contributed by atoms with Gasteiger partial charge in [-0.2, -0.15) is 13.2 Å². The maximum absolute atomic E-state index is 12.1. The highest BCUT2D eigenvalue weighted by atomic mass is 32.2. The first-order valence-corrected chi connectivity index (χ1v) is 8.04. The van der Waals surface area contributed by atoms with E-state index in [1.165, 1.54) is 6.92 Å². The van der Waals surface area contributed by atoms with Crippen LogP contribution in [0.15, 0.2) is 0 Å². The summed E-state index contributed by atoms with van der Waals surface area (Å²) in [4.78, 5) is 0. The molecule has 0 heterocycles. The summed E-state index contributed by atoms with van der Waals surface area (Å²) in [6.45, 7) is 0.397. The largest absolute Gasteiger partial charge is 0.411 e. The third kappa shape index (κ3) is 6.58. The van der Waals surface area contributed by atoms with Crippen molar-refractivity contribution in [3.63, 3.8) is 0 Å². The molecule has 0 radical (unpaired) electrons. The number of sulfonamides is 1. The van der Waals surface area contributed by atoms with Crippen LogP contribution in [0.1, 0.15) is 32.6 Å². The van der Waals surface area contributed by atoms with Crippen molar-refractivity contribution in [1.82, 2.24) is 4.72 Å². The molecule has 0 spiro atoms. The summed E-state index contributed by atoms with van der Waals surface area (Å²) in [6.07, 6.45) is -1.91. The topological polar surface area (TPSA) is 55.4 Å². The second kappa shape index (κ2) is 6.90. The molecule has 0 amide bonds. The molecule has 8 heteroatoms. The monoisotopic (exact) mass is 303 g/mol. The smallest absolute Gasteiger partial charge is 0.368 e. The Hall–Kier alpha value is -0.340. The maximum atomic E-state index is 12.1. The van der Waals surface area contributed by atoms with Crippen LogP contribution in [0.4, 0.5) is 13.2 Å². The lowest BCUT2D eigenvalue weighted by Gasteiger charge is -2.31. The highest BCUT2D eigenvalue weighted by Gasteiger charge is 2.33. The molecule has 1 rings (SSSR count). The Morgan fingerprint density at radius 2 is 1.89 bits per heavy atom. The first kappa shape index (κ1) is 16.7. The van der Waals surface area contributed by atoms with E-state index >= 15 is 0 Å². The van der Waals surface area contributed by atoms with Crippen LogP contribution >= 0.6 is 0 Å². The van der Waals surface area contributed by atoms with Gasteiger partial charge in [-0.1, -0.05) is 12.8 Å². The Kier molecular flexibility index (Phi) is 6.07. The Morgan fingerprint density at radius 3 is 2.47 bits per heavy atom. The molecule has 19 heavy (non-hydrogen) atoms. The molecule has 1 fully saturated rings. The Balaban J connectivity index is 2.48. The van der Waals surface area contributed by atoms with Crippen molar-refractivity contribution in [3.05, 3.63) is 0 Å². The van der Waals surface area contributed by atoms with Crippen LogP contribution in [0.5, 0.6) is 0 Å². The van der Waals surface area contributed by atoms with Gasteiger partial charge in [-0.3, -0.25) is 0 Å². The second-order valence-electron chi connectivity index (χ2n) is 4.76. The molecular formula is C11H20F3NO3S. The molecule has 4 nitrogen and oxygen atoms in total. The minimum atomic E-state index is -4.34. The van der Waals surface area contributed by atoms with E-state index < -0.39 is 28.9 Å². The fourth-order valence-corrected chi connectivity index (χ4v) is 2.84. The number of hydrogen-bond acceptors (Lipinski definition) is 3. The molecule has 1 aliphatic carbocycles. The second-order valence-corrected chi connectivity index (χ2v) is 6.86. The quantitative estimate of drug-likeness (QED) is 0.817. The van der Waals surface area contributed by atoms with Crippen LogP contribution in [0, 0.1) is 5.92 Å². The van der Waals surface area contributed by atoms with E-state index in [2.05, 4.69) is 4.72 Å². The van der Waals surface area contributed by atoms with Crippen molar-refractivity contribution in [2.75, 3.05) is 18.9 Å². The number of rotatable bonds is 6. The molecule has 0 aromatic heterocycles. The van der Waals surface area contributed by atoms with E-state index in [1.807, 2.05) is 0 Å². The Bertz CT molecular complexity index is 370. The van der Waals surface area contributed by atoms with Gasteiger partial charge in [0.2, 0.25) is 10.0 Å². The minimum Gasteiger partial charge on any atom is -0.368 e. The number of hydrogen-bond donors (Lipinski definition) is 1. The molecular weight excluding hydrogens is 283 g/mol. The van der Waals surface area contributed by atoms with Crippen LogP contribution in [0.3, 0.4) is 0 Å². The number of alkyl halides is 3.